The summed E-state index contributed by atoms with van der Waals surface area (Å²) in [6, 6.07) is 0. The van der Waals surface area contributed by atoms with Crippen molar-refractivity contribution in [3.05, 3.63) is 0 Å². The van der Waals surface area contributed by atoms with E-state index in [1.54, 1.807) is 6.92 Å². The third-order valence-electron chi connectivity index (χ3n) is 9.58. The number of ketones is 3. The molecule has 4 aliphatic carbocycles. The second-order valence-electron chi connectivity index (χ2n) is 10.6. The van der Waals surface area contributed by atoms with Crippen LogP contribution in [0, 0.1) is 28.6 Å². The van der Waals surface area contributed by atoms with Crippen LogP contribution >= 0.6 is 11.6 Å². The van der Waals surface area contributed by atoms with E-state index in [4.69, 9.17) is 16.3 Å². The lowest BCUT2D eigenvalue weighted by Gasteiger charge is -2.62. The van der Waals surface area contributed by atoms with Gasteiger partial charge in [0, 0.05) is 42.4 Å². The maximum atomic E-state index is 17.1. The van der Waals surface area contributed by atoms with Crippen molar-refractivity contribution in [1.29, 1.82) is 0 Å². The number of esters is 1. The molecule has 31 heavy (non-hydrogen) atoms. The van der Waals surface area contributed by atoms with E-state index >= 15 is 4.39 Å². The minimum Gasteiger partial charge on any atom is -0.450 e. The lowest BCUT2D eigenvalue weighted by atomic mass is 9.42. The molecule has 7 heteroatoms. The van der Waals surface area contributed by atoms with Crippen molar-refractivity contribution in [2.75, 3.05) is 5.88 Å². The van der Waals surface area contributed by atoms with Crippen LogP contribution in [-0.2, 0) is 23.9 Å². The Labute approximate surface area is 187 Å². The van der Waals surface area contributed by atoms with Gasteiger partial charge in [0.05, 0.1) is 5.88 Å². The molecule has 4 fully saturated rings. The van der Waals surface area contributed by atoms with E-state index in [2.05, 4.69) is 0 Å². The number of carbonyl (C=O) groups is 4. The summed E-state index contributed by atoms with van der Waals surface area (Å²) >= 11 is 5.94. The van der Waals surface area contributed by atoms with Gasteiger partial charge in [-0.15, -0.1) is 11.6 Å². The van der Waals surface area contributed by atoms with Gasteiger partial charge in [-0.05, 0) is 43.9 Å². The Hall–Kier alpha value is -1.30. The fourth-order valence-electron chi connectivity index (χ4n) is 7.81. The Morgan fingerprint density at radius 1 is 1.10 bits per heavy atom. The smallest absolute Gasteiger partial charge is 0.306 e. The molecular formula is C24H32ClFO5. The van der Waals surface area contributed by atoms with Gasteiger partial charge >= 0.3 is 5.97 Å². The van der Waals surface area contributed by atoms with Crippen molar-refractivity contribution in [2.45, 2.75) is 89.8 Å². The van der Waals surface area contributed by atoms with E-state index in [-0.39, 0.29) is 42.8 Å². The first kappa shape index (κ1) is 22.9. The molecule has 4 rings (SSSR count). The molecule has 0 aromatic heterocycles. The summed E-state index contributed by atoms with van der Waals surface area (Å²) in [6.45, 7) is 5.31. The van der Waals surface area contributed by atoms with Crippen LogP contribution in [0.1, 0.15) is 78.6 Å². The molecule has 0 radical (unpaired) electrons. The monoisotopic (exact) mass is 454 g/mol. The van der Waals surface area contributed by atoms with Gasteiger partial charge in [-0.3, -0.25) is 19.2 Å². The van der Waals surface area contributed by atoms with E-state index in [0.29, 0.717) is 38.5 Å². The number of hydrogen-bond acceptors (Lipinski definition) is 5. The van der Waals surface area contributed by atoms with Crippen molar-refractivity contribution >= 4 is 34.9 Å². The minimum absolute atomic E-state index is 0.107. The Kier molecular flexibility index (Phi) is 5.43. The highest BCUT2D eigenvalue weighted by atomic mass is 35.5. The molecule has 4 saturated carbocycles. The second kappa shape index (κ2) is 7.36. The standard InChI is InChI=1S/C24H32ClFO5/c1-4-20(30)31-23(19(29)13-25)10-8-16-17-6-5-14-11-15(27)7-9-21(14,2)24(17,26)18(28)12-22(16,23)3/h14,16-17H,4-13H2,1-3H3/t14-,16+,17+,21+,22+,23+,24+/m1/s1. The Balaban J connectivity index is 1.78. The van der Waals surface area contributed by atoms with E-state index < -0.39 is 45.6 Å². The summed E-state index contributed by atoms with van der Waals surface area (Å²) in [6.07, 6.45) is 2.97. The van der Waals surface area contributed by atoms with Gasteiger partial charge in [0.1, 0.15) is 5.78 Å². The van der Waals surface area contributed by atoms with Gasteiger partial charge in [-0.25, -0.2) is 4.39 Å². The summed E-state index contributed by atoms with van der Waals surface area (Å²) in [5.41, 5.74) is -5.35. The maximum absolute atomic E-state index is 17.1. The molecule has 4 aliphatic rings. The number of ether oxygens (including phenoxy) is 1. The summed E-state index contributed by atoms with van der Waals surface area (Å²) in [7, 11) is 0. The number of carbonyl (C=O) groups excluding carboxylic acids is 4. The first-order chi connectivity index (χ1) is 14.5. The maximum Gasteiger partial charge on any atom is 0.306 e. The Bertz CT molecular complexity index is 844. The fraction of sp³-hybridized carbons (Fsp3) is 0.833. The van der Waals surface area contributed by atoms with Crippen molar-refractivity contribution < 1.29 is 28.3 Å². The molecule has 0 bridgehead atoms. The minimum atomic E-state index is -2.02. The summed E-state index contributed by atoms with van der Waals surface area (Å²) in [5, 5.41) is 0. The zero-order valence-corrected chi connectivity index (χ0v) is 19.4. The van der Waals surface area contributed by atoms with Crippen LogP contribution in [0.4, 0.5) is 4.39 Å². The molecule has 0 amide bonds. The average Bonchev–Trinajstić information content (AvgIpc) is 3.01. The van der Waals surface area contributed by atoms with Crippen LogP contribution < -0.4 is 0 Å². The van der Waals surface area contributed by atoms with Gasteiger partial charge in [-0.1, -0.05) is 20.8 Å². The number of halogens is 2. The van der Waals surface area contributed by atoms with Crippen molar-refractivity contribution in [2.24, 2.45) is 28.6 Å². The Morgan fingerprint density at radius 2 is 1.81 bits per heavy atom. The van der Waals surface area contributed by atoms with Gasteiger partial charge in [0.15, 0.2) is 22.8 Å². The van der Waals surface area contributed by atoms with Crippen molar-refractivity contribution in [1.82, 2.24) is 0 Å². The van der Waals surface area contributed by atoms with Gasteiger partial charge in [-0.2, -0.15) is 0 Å². The van der Waals surface area contributed by atoms with E-state index in [9.17, 15) is 19.2 Å². The van der Waals surface area contributed by atoms with Crippen LogP contribution in [0.5, 0.6) is 0 Å². The van der Waals surface area contributed by atoms with Crippen molar-refractivity contribution in [3.8, 4) is 0 Å². The third kappa shape index (κ3) is 2.79. The second-order valence-corrected chi connectivity index (χ2v) is 10.9. The molecule has 5 nitrogen and oxygen atoms in total. The lowest BCUT2D eigenvalue weighted by Crippen LogP contribution is -2.70. The molecule has 0 aromatic carbocycles. The molecule has 172 valence electrons. The molecule has 0 N–H and O–H groups in total. The van der Waals surface area contributed by atoms with Gasteiger partial charge in [0.25, 0.3) is 0 Å². The number of hydrogen-bond donors (Lipinski definition) is 0. The zero-order valence-electron chi connectivity index (χ0n) is 18.6. The molecule has 0 aliphatic heterocycles. The molecule has 0 aromatic rings. The van der Waals surface area contributed by atoms with E-state index in [1.807, 2.05) is 13.8 Å². The predicted octanol–water partition coefficient (Wildman–Crippen LogP) is 4.37. The summed E-state index contributed by atoms with van der Waals surface area (Å²) in [4.78, 5) is 51.1. The van der Waals surface area contributed by atoms with Crippen LogP contribution in [0.3, 0.4) is 0 Å². The Morgan fingerprint density at radius 3 is 2.45 bits per heavy atom. The highest BCUT2D eigenvalue weighted by Gasteiger charge is 2.76. The first-order valence-electron chi connectivity index (χ1n) is 11.5. The highest BCUT2D eigenvalue weighted by molar-refractivity contribution is 6.29. The first-order valence-corrected chi connectivity index (χ1v) is 12.1. The molecule has 0 heterocycles. The van der Waals surface area contributed by atoms with Crippen molar-refractivity contribution in [3.63, 3.8) is 0 Å². The molecular weight excluding hydrogens is 423 g/mol. The van der Waals surface area contributed by atoms with Gasteiger partial charge in [0.2, 0.25) is 0 Å². The molecule has 0 unspecified atom stereocenters. The van der Waals surface area contributed by atoms with E-state index in [0.717, 1.165) is 0 Å². The highest BCUT2D eigenvalue weighted by Crippen LogP contribution is 2.70. The quantitative estimate of drug-likeness (QED) is 0.465. The van der Waals surface area contributed by atoms with E-state index in [1.165, 1.54) is 0 Å². The number of rotatable bonds is 4. The normalized spacial score (nSPS) is 46.7. The van der Waals surface area contributed by atoms with Crippen LogP contribution in [0.15, 0.2) is 0 Å². The number of fused-ring (bicyclic) bond motifs is 5. The SMILES string of the molecule is CCC(=O)O[C@]1(C(=O)CCl)CC[C@H]2[C@@H]3CC[C@@H]4CC(=O)CC[C@]4(C)[C@@]3(F)C(=O)C[C@@]21C. The van der Waals surface area contributed by atoms with Crippen LogP contribution in [0.25, 0.3) is 0 Å². The summed E-state index contributed by atoms with van der Waals surface area (Å²) in [5.74, 6) is -2.51. The third-order valence-corrected chi connectivity index (χ3v) is 9.83. The fourth-order valence-corrected chi connectivity index (χ4v) is 8.03. The average molecular weight is 455 g/mol. The molecule has 0 saturated heterocycles. The number of Topliss-reactive ketones (excluding diaryl/α,β-unsaturated/α-hetero) is 3. The van der Waals surface area contributed by atoms with Crippen LogP contribution in [-0.4, -0.2) is 40.5 Å². The predicted molar refractivity (Wildman–Crippen MR) is 112 cm³/mol. The topological polar surface area (TPSA) is 77.5 Å². The zero-order chi connectivity index (χ0) is 22.8. The van der Waals surface area contributed by atoms with Gasteiger partial charge < -0.3 is 4.74 Å². The largest absolute Gasteiger partial charge is 0.450 e. The molecule has 0 spiro atoms. The summed E-state index contributed by atoms with van der Waals surface area (Å²) < 4.78 is 22.8. The van der Waals surface area contributed by atoms with Crippen LogP contribution in [0.2, 0.25) is 0 Å². The number of alkyl halides is 2. The lowest BCUT2D eigenvalue weighted by molar-refractivity contribution is -0.213. The molecule has 7 atom stereocenters.